The van der Waals surface area contributed by atoms with Crippen LogP contribution in [0.15, 0.2) is 97.8 Å². The molecule has 0 atom stereocenters. The van der Waals surface area contributed by atoms with E-state index in [2.05, 4.69) is 63.7 Å². The SMILES string of the molecule is CC(=Nc1c(Br)cc(Br)cc1-c1ccco1)C(C)=Nc1c(Br)cc(Br)cc1-c1ccco1. The number of hydrogen-bond acceptors (Lipinski definition) is 4. The van der Waals surface area contributed by atoms with Gasteiger partial charge in [0.15, 0.2) is 0 Å². The summed E-state index contributed by atoms with van der Waals surface area (Å²) in [5, 5.41) is 0. The van der Waals surface area contributed by atoms with E-state index in [9.17, 15) is 0 Å². The van der Waals surface area contributed by atoms with Gasteiger partial charge in [-0.2, -0.15) is 0 Å². The first-order chi connectivity index (χ1) is 15.3. The van der Waals surface area contributed by atoms with E-state index in [0.717, 1.165) is 63.3 Å². The van der Waals surface area contributed by atoms with Crippen LogP contribution in [0.1, 0.15) is 13.8 Å². The Morgan fingerprint density at radius 2 is 1.06 bits per heavy atom. The molecule has 0 fully saturated rings. The lowest BCUT2D eigenvalue weighted by atomic mass is 10.1. The molecule has 0 aliphatic rings. The molecule has 0 saturated heterocycles. The van der Waals surface area contributed by atoms with Gasteiger partial charge < -0.3 is 8.83 Å². The zero-order valence-electron chi connectivity index (χ0n) is 17.0. The molecule has 2 aromatic carbocycles. The number of nitrogens with zero attached hydrogens (tertiary/aromatic N) is 2. The van der Waals surface area contributed by atoms with Gasteiger partial charge in [-0.3, -0.25) is 0 Å². The van der Waals surface area contributed by atoms with Gasteiger partial charge >= 0.3 is 0 Å². The topological polar surface area (TPSA) is 51.0 Å². The van der Waals surface area contributed by atoms with E-state index in [1.165, 1.54) is 0 Å². The number of aliphatic imine (C=N–C) groups is 2. The van der Waals surface area contributed by atoms with Crippen LogP contribution in [0.3, 0.4) is 0 Å². The molecule has 0 radical (unpaired) electrons. The molecule has 2 heterocycles. The second-order valence-electron chi connectivity index (χ2n) is 6.92. The Hall–Kier alpha value is -1.74. The largest absolute Gasteiger partial charge is 0.464 e. The van der Waals surface area contributed by atoms with E-state index in [0.29, 0.717) is 0 Å². The number of rotatable bonds is 5. The highest BCUT2D eigenvalue weighted by molar-refractivity contribution is 9.11. The summed E-state index contributed by atoms with van der Waals surface area (Å²) >= 11 is 14.4. The summed E-state index contributed by atoms with van der Waals surface area (Å²) in [5.74, 6) is 1.48. The van der Waals surface area contributed by atoms with Gasteiger partial charge in [0.25, 0.3) is 0 Å². The third-order valence-corrected chi connectivity index (χ3v) is 6.84. The van der Waals surface area contributed by atoms with Crippen LogP contribution in [-0.2, 0) is 0 Å². The molecular formula is C24H16Br4N2O2. The van der Waals surface area contributed by atoms with Gasteiger partial charge in [0.2, 0.25) is 0 Å². The summed E-state index contributed by atoms with van der Waals surface area (Å²) in [5.41, 5.74) is 4.86. The summed E-state index contributed by atoms with van der Waals surface area (Å²) in [7, 11) is 0. The van der Waals surface area contributed by atoms with Crippen LogP contribution in [0.25, 0.3) is 22.6 Å². The summed E-state index contributed by atoms with van der Waals surface area (Å²) in [4.78, 5) is 9.80. The Morgan fingerprint density at radius 1 is 0.656 bits per heavy atom. The Kier molecular flexibility index (Phi) is 7.34. The lowest BCUT2D eigenvalue weighted by molar-refractivity contribution is 0.582. The molecule has 4 aromatic rings. The van der Waals surface area contributed by atoms with Crippen molar-refractivity contribution in [1.29, 1.82) is 0 Å². The van der Waals surface area contributed by atoms with E-state index in [1.807, 2.05) is 62.4 Å². The van der Waals surface area contributed by atoms with Crippen LogP contribution in [0.2, 0.25) is 0 Å². The van der Waals surface area contributed by atoms with Crippen LogP contribution >= 0.6 is 63.7 Å². The van der Waals surface area contributed by atoms with E-state index in [-0.39, 0.29) is 0 Å². The minimum atomic E-state index is 0.740. The molecule has 0 saturated carbocycles. The average molecular weight is 684 g/mol. The van der Waals surface area contributed by atoms with Gasteiger partial charge in [-0.1, -0.05) is 31.9 Å². The highest BCUT2D eigenvalue weighted by atomic mass is 79.9. The Morgan fingerprint density at radius 3 is 1.41 bits per heavy atom. The molecule has 0 aliphatic heterocycles. The molecule has 0 N–H and O–H groups in total. The van der Waals surface area contributed by atoms with Gasteiger partial charge in [0.05, 0.1) is 35.3 Å². The predicted molar refractivity (Wildman–Crippen MR) is 145 cm³/mol. The van der Waals surface area contributed by atoms with E-state index in [1.54, 1.807) is 12.5 Å². The van der Waals surface area contributed by atoms with Crippen molar-refractivity contribution in [2.75, 3.05) is 0 Å². The Bertz CT molecular complexity index is 1220. The summed E-state index contributed by atoms with van der Waals surface area (Å²) in [6.45, 7) is 3.89. The molecule has 162 valence electrons. The Labute approximate surface area is 219 Å². The lowest BCUT2D eigenvalue weighted by Crippen LogP contribution is -2.05. The number of furan rings is 2. The first-order valence-corrected chi connectivity index (χ1v) is 12.7. The van der Waals surface area contributed by atoms with E-state index >= 15 is 0 Å². The summed E-state index contributed by atoms with van der Waals surface area (Å²) in [6, 6.07) is 15.5. The quantitative estimate of drug-likeness (QED) is 0.197. The molecule has 0 aliphatic carbocycles. The molecule has 32 heavy (non-hydrogen) atoms. The average Bonchev–Trinajstić information content (AvgIpc) is 3.45. The molecule has 8 heteroatoms. The molecule has 0 bridgehead atoms. The number of benzene rings is 2. The fourth-order valence-corrected chi connectivity index (χ4v) is 5.72. The van der Waals surface area contributed by atoms with Crippen molar-refractivity contribution >= 4 is 86.5 Å². The second-order valence-corrected chi connectivity index (χ2v) is 10.5. The zero-order chi connectivity index (χ0) is 22.8. The van der Waals surface area contributed by atoms with Crippen molar-refractivity contribution in [3.63, 3.8) is 0 Å². The minimum absolute atomic E-state index is 0.740. The van der Waals surface area contributed by atoms with Crippen molar-refractivity contribution in [2.45, 2.75) is 13.8 Å². The third kappa shape index (κ3) is 5.09. The standard InChI is InChI=1S/C24H16Br4N2O2/c1-13(29-23-17(21-5-3-7-31-21)9-15(25)11-19(23)27)14(2)30-24-18(22-6-4-8-32-22)10-16(26)12-20(24)28/h3-12H,1-2H3. The molecule has 0 amide bonds. The van der Waals surface area contributed by atoms with Crippen molar-refractivity contribution < 1.29 is 8.83 Å². The molecule has 2 aromatic heterocycles. The first kappa shape index (κ1) is 23.4. The van der Waals surface area contributed by atoms with Crippen molar-refractivity contribution in [2.24, 2.45) is 9.98 Å². The smallest absolute Gasteiger partial charge is 0.136 e. The fourth-order valence-electron chi connectivity index (χ4n) is 3.10. The molecular weight excluding hydrogens is 668 g/mol. The zero-order valence-corrected chi connectivity index (χ0v) is 23.3. The Balaban J connectivity index is 1.81. The van der Waals surface area contributed by atoms with E-state index < -0.39 is 0 Å². The summed E-state index contributed by atoms with van der Waals surface area (Å²) in [6.07, 6.45) is 3.30. The maximum atomic E-state index is 5.63. The maximum Gasteiger partial charge on any atom is 0.136 e. The van der Waals surface area contributed by atoms with Gasteiger partial charge in [0.1, 0.15) is 11.5 Å². The van der Waals surface area contributed by atoms with Crippen LogP contribution in [0.5, 0.6) is 0 Å². The molecule has 4 nitrogen and oxygen atoms in total. The van der Waals surface area contributed by atoms with Crippen LogP contribution < -0.4 is 0 Å². The van der Waals surface area contributed by atoms with Crippen molar-refractivity contribution in [3.8, 4) is 22.6 Å². The van der Waals surface area contributed by atoms with Gasteiger partial charge in [-0.25, -0.2) is 9.98 Å². The van der Waals surface area contributed by atoms with Crippen molar-refractivity contribution in [3.05, 3.63) is 78.9 Å². The van der Waals surface area contributed by atoms with Crippen LogP contribution in [0.4, 0.5) is 11.4 Å². The fraction of sp³-hybridized carbons (Fsp3) is 0.0833. The maximum absolute atomic E-state index is 5.63. The van der Waals surface area contributed by atoms with Crippen LogP contribution in [-0.4, -0.2) is 11.4 Å². The molecule has 0 unspecified atom stereocenters. The van der Waals surface area contributed by atoms with Crippen molar-refractivity contribution in [1.82, 2.24) is 0 Å². The minimum Gasteiger partial charge on any atom is -0.464 e. The second kappa shape index (κ2) is 10.0. The molecule has 0 spiro atoms. The summed E-state index contributed by atoms with van der Waals surface area (Å²) < 4.78 is 14.8. The van der Waals surface area contributed by atoms with Gasteiger partial charge in [-0.15, -0.1) is 0 Å². The van der Waals surface area contributed by atoms with Crippen LogP contribution in [0, 0.1) is 0 Å². The highest BCUT2D eigenvalue weighted by Crippen LogP contribution is 2.41. The normalized spacial score (nSPS) is 12.4. The predicted octanol–water partition coefficient (Wildman–Crippen LogP) is 10.1. The monoisotopic (exact) mass is 680 g/mol. The van der Waals surface area contributed by atoms with Gasteiger partial charge in [0, 0.05) is 29.0 Å². The highest BCUT2D eigenvalue weighted by Gasteiger charge is 2.16. The number of halogens is 4. The first-order valence-electron chi connectivity index (χ1n) is 9.50. The van der Waals surface area contributed by atoms with E-state index in [4.69, 9.17) is 18.8 Å². The van der Waals surface area contributed by atoms with Gasteiger partial charge in [-0.05, 0) is 94.2 Å². The number of hydrogen-bond donors (Lipinski definition) is 0. The lowest BCUT2D eigenvalue weighted by Gasteiger charge is -2.11. The molecule has 4 rings (SSSR count). The third-order valence-electron chi connectivity index (χ3n) is 4.71.